The summed E-state index contributed by atoms with van der Waals surface area (Å²) in [5, 5.41) is 1.06. The van der Waals surface area contributed by atoms with Crippen LogP contribution in [0.5, 0.6) is 0 Å². The van der Waals surface area contributed by atoms with Crippen LogP contribution in [0.25, 0.3) is 10.9 Å². The van der Waals surface area contributed by atoms with Gasteiger partial charge in [0.1, 0.15) is 0 Å². The second kappa shape index (κ2) is 4.00. The fourth-order valence-corrected chi connectivity index (χ4v) is 2.45. The largest absolute Gasteiger partial charge is 0.344 e. The number of pyridine rings is 1. The second-order valence-corrected chi connectivity index (χ2v) is 6.63. The third kappa shape index (κ3) is 2.69. The normalized spacial score (nSPS) is 14.9. The monoisotopic (exact) mass is 235 g/mol. The molecule has 3 nitrogen and oxygen atoms in total. The van der Waals surface area contributed by atoms with Crippen LogP contribution in [-0.4, -0.2) is 16.5 Å². The highest BCUT2D eigenvalue weighted by molar-refractivity contribution is 7.56. The van der Waals surface area contributed by atoms with Crippen molar-refractivity contribution < 1.29 is 9.46 Å². The van der Waals surface area contributed by atoms with Crippen molar-refractivity contribution in [3.8, 4) is 0 Å². The first-order valence-corrected chi connectivity index (χ1v) is 7.39. The topological polar surface area (TPSA) is 50.2 Å². The molecule has 16 heavy (non-hydrogen) atoms. The van der Waals surface area contributed by atoms with Gasteiger partial charge in [0.05, 0.1) is 17.4 Å². The zero-order chi connectivity index (χ0) is 11.8. The predicted octanol–water partition coefficient (Wildman–Crippen LogP) is 2.94. The Hall–Kier alpha value is -1.18. The van der Waals surface area contributed by atoms with Crippen LogP contribution >= 0.6 is 7.37 Å². The van der Waals surface area contributed by atoms with Crippen LogP contribution in [0.15, 0.2) is 30.3 Å². The lowest BCUT2D eigenvalue weighted by atomic mass is 10.1. The quantitative estimate of drug-likeness (QED) is 0.814. The van der Waals surface area contributed by atoms with E-state index >= 15 is 0 Å². The van der Waals surface area contributed by atoms with E-state index < -0.39 is 7.37 Å². The minimum Gasteiger partial charge on any atom is -0.344 e. The molecule has 84 valence electrons. The van der Waals surface area contributed by atoms with Gasteiger partial charge in [0.25, 0.3) is 0 Å². The van der Waals surface area contributed by atoms with Crippen LogP contribution in [0.4, 0.5) is 0 Å². The molecule has 1 heterocycles. The molecule has 0 saturated carbocycles. The number of nitrogens with zero attached hydrogens (tertiary/aromatic N) is 1. The van der Waals surface area contributed by atoms with Gasteiger partial charge in [0, 0.05) is 12.1 Å². The van der Waals surface area contributed by atoms with Gasteiger partial charge in [-0.15, -0.1) is 0 Å². The fourth-order valence-electron chi connectivity index (χ4n) is 1.68. The lowest BCUT2D eigenvalue weighted by Crippen LogP contribution is -1.91. The Balaban J connectivity index is 2.45. The Morgan fingerprint density at radius 1 is 1.31 bits per heavy atom. The van der Waals surface area contributed by atoms with Crippen LogP contribution < -0.4 is 0 Å². The molecule has 0 aliphatic rings. The maximum Gasteiger partial charge on any atom is 0.203 e. The van der Waals surface area contributed by atoms with Crippen LogP contribution in [0.1, 0.15) is 11.3 Å². The van der Waals surface area contributed by atoms with E-state index in [0.29, 0.717) is 5.69 Å². The molecule has 0 amide bonds. The third-order valence-electron chi connectivity index (χ3n) is 2.36. The summed E-state index contributed by atoms with van der Waals surface area (Å²) in [7, 11) is -3.04. The second-order valence-electron chi connectivity index (χ2n) is 4.21. The molecule has 0 saturated heterocycles. The van der Waals surface area contributed by atoms with Crippen molar-refractivity contribution in [1.29, 1.82) is 0 Å². The van der Waals surface area contributed by atoms with Crippen molar-refractivity contribution in [2.45, 2.75) is 13.1 Å². The number of hydrogen-bond donors (Lipinski definition) is 1. The lowest BCUT2D eigenvalue weighted by Gasteiger charge is -2.06. The Kier molecular flexibility index (Phi) is 2.83. The number of benzene rings is 1. The van der Waals surface area contributed by atoms with E-state index in [4.69, 9.17) is 0 Å². The van der Waals surface area contributed by atoms with Gasteiger partial charge in [0.15, 0.2) is 0 Å². The first-order valence-electron chi connectivity index (χ1n) is 5.10. The van der Waals surface area contributed by atoms with E-state index in [1.165, 1.54) is 12.2 Å². The van der Waals surface area contributed by atoms with Crippen molar-refractivity contribution in [3.63, 3.8) is 0 Å². The van der Waals surface area contributed by atoms with Gasteiger partial charge in [-0.3, -0.25) is 9.55 Å². The molecule has 0 bridgehead atoms. The highest BCUT2D eigenvalue weighted by Gasteiger charge is 2.12. The summed E-state index contributed by atoms with van der Waals surface area (Å²) in [6, 6.07) is 9.74. The molecule has 0 spiro atoms. The summed E-state index contributed by atoms with van der Waals surface area (Å²) in [4.78, 5) is 13.7. The number of fused-ring (bicyclic) bond motifs is 1. The standard InChI is InChI=1S/C12H14NO2P/c1-9-3-6-12-10(7-9)4-5-11(13-12)8-16(2,14)15/h3-7H,8H2,1-2H3,(H,14,15). The smallest absolute Gasteiger partial charge is 0.203 e. The van der Waals surface area contributed by atoms with Crippen molar-refractivity contribution in [2.75, 3.05) is 6.66 Å². The van der Waals surface area contributed by atoms with E-state index in [0.717, 1.165) is 10.9 Å². The van der Waals surface area contributed by atoms with Gasteiger partial charge in [-0.2, -0.15) is 0 Å². The van der Waals surface area contributed by atoms with Crippen LogP contribution in [0.2, 0.25) is 0 Å². The SMILES string of the molecule is Cc1ccc2nc(CP(C)(=O)O)ccc2c1. The number of rotatable bonds is 2. The van der Waals surface area contributed by atoms with Crippen LogP contribution in [0.3, 0.4) is 0 Å². The summed E-state index contributed by atoms with van der Waals surface area (Å²) in [6.45, 7) is 3.38. The zero-order valence-electron chi connectivity index (χ0n) is 9.34. The molecule has 4 heteroatoms. The molecule has 0 fully saturated rings. The van der Waals surface area contributed by atoms with E-state index in [9.17, 15) is 9.46 Å². The van der Waals surface area contributed by atoms with Crippen molar-refractivity contribution in [2.24, 2.45) is 0 Å². The Morgan fingerprint density at radius 2 is 2.06 bits per heavy atom. The Bertz CT molecular complexity index is 574. The van der Waals surface area contributed by atoms with Gasteiger partial charge in [-0.1, -0.05) is 17.7 Å². The summed E-state index contributed by atoms with van der Waals surface area (Å²) >= 11 is 0. The number of hydrogen-bond acceptors (Lipinski definition) is 2. The number of aromatic nitrogens is 1. The summed E-state index contributed by atoms with van der Waals surface area (Å²) in [5.74, 6) is 0. The van der Waals surface area contributed by atoms with Crippen molar-refractivity contribution in [3.05, 3.63) is 41.6 Å². The molecular weight excluding hydrogens is 221 g/mol. The van der Waals surface area contributed by atoms with E-state index in [2.05, 4.69) is 11.1 Å². The Morgan fingerprint density at radius 3 is 2.75 bits per heavy atom. The average Bonchev–Trinajstić information content (AvgIpc) is 2.16. The first-order chi connectivity index (χ1) is 7.44. The molecule has 1 unspecified atom stereocenters. The molecule has 0 aliphatic carbocycles. The average molecular weight is 235 g/mol. The third-order valence-corrected chi connectivity index (χ3v) is 3.27. The van der Waals surface area contributed by atoms with E-state index in [1.807, 2.05) is 31.2 Å². The highest BCUT2D eigenvalue weighted by atomic mass is 31.2. The highest BCUT2D eigenvalue weighted by Crippen LogP contribution is 2.39. The van der Waals surface area contributed by atoms with Crippen molar-refractivity contribution >= 4 is 18.3 Å². The molecule has 1 N–H and O–H groups in total. The lowest BCUT2D eigenvalue weighted by molar-refractivity contribution is 0.483. The molecule has 1 aromatic heterocycles. The molecule has 1 aromatic carbocycles. The Labute approximate surface area is 94.6 Å². The predicted molar refractivity (Wildman–Crippen MR) is 65.9 cm³/mol. The maximum absolute atomic E-state index is 11.3. The van der Waals surface area contributed by atoms with Gasteiger partial charge in [0.2, 0.25) is 7.37 Å². The van der Waals surface area contributed by atoms with E-state index in [1.54, 1.807) is 0 Å². The van der Waals surface area contributed by atoms with Gasteiger partial charge < -0.3 is 4.89 Å². The summed E-state index contributed by atoms with van der Waals surface area (Å²) in [6.07, 6.45) is 0.136. The van der Waals surface area contributed by atoms with Gasteiger partial charge >= 0.3 is 0 Å². The van der Waals surface area contributed by atoms with Crippen LogP contribution in [0, 0.1) is 6.92 Å². The number of aryl methyl sites for hydroxylation is 1. The van der Waals surface area contributed by atoms with Crippen LogP contribution in [-0.2, 0) is 10.7 Å². The van der Waals surface area contributed by atoms with Gasteiger partial charge in [-0.25, -0.2) is 0 Å². The zero-order valence-corrected chi connectivity index (χ0v) is 10.2. The summed E-state index contributed by atoms with van der Waals surface area (Å²) < 4.78 is 11.3. The van der Waals surface area contributed by atoms with Gasteiger partial charge in [-0.05, 0) is 25.1 Å². The first kappa shape index (κ1) is 11.3. The molecule has 0 aliphatic heterocycles. The fraction of sp³-hybridized carbons (Fsp3) is 0.250. The molecule has 2 aromatic rings. The molecule has 0 radical (unpaired) electrons. The molecule has 2 rings (SSSR count). The summed E-state index contributed by atoms with van der Waals surface area (Å²) in [5.41, 5.74) is 2.73. The van der Waals surface area contributed by atoms with Crippen molar-refractivity contribution in [1.82, 2.24) is 4.98 Å². The molecule has 1 atom stereocenters. The minimum absolute atomic E-state index is 0.136. The maximum atomic E-state index is 11.3. The van der Waals surface area contributed by atoms with E-state index in [-0.39, 0.29) is 6.16 Å². The molecular formula is C12H14NO2P. The minimum atomic E-state index is -3.04.